The van der Waals surface area contributed by atoms with Gasteiger partial charge in [0.15, 0.2) is 0 Å². The van der Waals surface area contributed by atoms with Gasteiger partial charge in [-0.15, -0.1) is 0 Å². The third-order valence-corrected chi connectivity index (χ3v) is 3.97. The Morgan fingerprint density at radius 1 is 1.17 bits per heavy atom. The maximum absolute atomic E-state index is 6.00. The number of ether oxygens (including phenoxy) is 1. The fraction of sp³-hybridized carbons (Fsp3) is 0.294. The molecule has 0 saturated carbocycles. The summed E-state index contributed by atoms with van der Waals surface area (Å²) in [4.78, 5) is 10.7. The Balaban J connectivity index is 1.54. The Hall–Kier alpha value is -2.60. The van der Waals surface area contributed by atoms with E-state index in [4.69, 9.17) is 9.15 Å². The van der Waals surface area contributed by atoms with Crippen molar-refractivity contribution in [2.24, 2.45) is 0 Å². The topological polar surface area (TPSA) is 56.3 Å². The minimum atomic E-state index is -0.00190. The summed E-state index contributed by atoms with van der Waals surface area (Å²) in [5, 5.41) is 0. The number of hydrogen-bond acceptors (Lipinski definition) is 5. The van der Waals surface area contributed by atoms with Crippen LogP contribution in [0.25, 0.3) is 0 Å². The molecule has 23 heavy (non-hydrogen) atoms. The van der Waals surface area contributed by atoms with Crippen LogP contribution in [0.5, 0.6) is 6.01 Å². The molecule has 0 saturated heterocycles. The van der Waals surface area contributed by atoms with Crippen LogP contribution in [0, 0.1) is 0 Å². The van der Waals surface area contributed by atoms with Crippen LogP contribution in [0.4, 0.5) is 0 Å². The van der Waals surface area contributed by atoms with Crippen molar-refractivity contribution in [1.29, 1.82) is 0 Å². The van der Waals surface area contributed by atoms with E-state index in [1.54, 1.807) is 31.0 Å². The van der Waals surface area contributed by atoms with Crippen molar-refractivity contribution in [3.8, 4) is 6.01 Å². The lowest BCUT2D eigenvalue weighted by atomic mass is 10.2. The van der Waals surface area contributed by atoms with Crippen molar-refractivity contribution in [2.75, 3.05) is 6.54 Å². The molecule has 0 spiro atoms. The minimum absolute atomic E-state index is 0.00190. The Morgan fingerprint density at radius 2 is 2.09 bits per heavy atom. The molecule has 4 rings (SSSR count). The van der Waals surface area contributed by atoms with Crippen LogP contribution < -0.4 is 4.74 Å². The third kappa shape index (κ3) is 3.27. The van der Waals surface area contributed by atoms with Gasteiger partial charge in [-0.3, -0.25) is 4.90 Å². The quantitative estimate of drug-likeness (QED) is 0.740. The van der Waals surface area contributed by atoms with E-state index in [-0.39, 0.29) is 6.10 Å². The molecule has 0 aliphatic carbocycles. The zero-order valence-electron chi connectivity index (χ0n) is 12.7. The standard InChI is InChI=1S/C17H18N4O2/c1-3-15-10-20(9-14-4-8-22-13-14)11-16(12-21(15)7-1)23-17-18-5-2-6-19-17/h1-8,13,16H,9-12H2. The van der Waals surface area contributed by atoms with Gasteiger partial charge in [-0.2, -0.15) is 0 Å². The average molecular weight is 310 g/mol. The molecule has 0 N–H and O–H groups in total. The van der Waals surface area contributed by atoms with E-state index in [2.05, 4.69) is 37.8 Å². The largest absolute Gasteiger partial charge is 0.472 e. The molecule has 4 heterocycles. The lowest BCUT2D eigenvalue weighted by Gasteiger charge is -2.23. The van der Waals surface area contributed by atoms with E-state index in [1.807, 2.05) is 6.07 Å². The second-order valence-electron chi connectivity index (χ2n) is 5.72. The van der Waals surface area contributed by atoms with Crippen molar-refractivity contribution in [3.63, 3.8) is 0 Å². The number of hydrogen-bond donors (Lipinski definition) is 0. The molecule has 0 bridgehead atoms. The van der Waals surface area contributed by atoms with Crippen LogP contribution in [-0.2, 0) is 19.6 Å². The molecule has 0 amide bonds. The molecule has 3 aromatic rings. The first kappa shape index (κ1) is 14.0. The van der Waals surface area contributed by atoms with E-state index < -0.39 is 0 Å². The van der Waals surface area contributed by atoms with Gasteiger partial charge in [-0.1, -0.05) is 0 Å². The first-order valence-corrected chi connectivity index (χ1v) is 7.68. The molecule has 0 aromatic carbocycles. The van der Waals surface area contributed by atoms with Gasteiger partial charge in [0.1, 0.15) is 6.10 Å². The zero-order chi connectivity index (χ0) is 15.5. The highest BCUT2D eigenvalue weighted by Gasteiger charge is 2.23. The molecule has 1 aliphatic heterocycles. The summed E-state index contributed by atoms with van der Waals surface area (Å²) in [6, 6.07) is 8.45. The molecule has 1 aliphatic rings. The fourth-order valence-corrected chi connectivity index (χ4v) is 2.96. The molecule has 1 atom stereocenters. The Bertz CT molecular complexity index is 739. The molecule has 6 nitrogen and oxygen atoms in total. The normalized spacial score (nSPS) is 18.3. The Kier molecular flexibility index (Phi) is 3.81. The molecular weight excluding hydrogens is 292 g/mol. The van der Waals surface area contributed by atoms with Gasteiger partial charge in [0.25, 0.3) is 0 Å². The number of rotatable bonds is 4. The van der Waals surface area contributed by atoms with Crippen molar-refractivity contribution in [2.45, 2.75) is 25.7 Å². The van der Waals surface area contributed by atoms with Crippen molar-refractivity contribution in [1.82, 2.24) is 19.4 Å². The SMILES string of the molecule is c1cnc(OC2CN(Cc3ccoc3)Cc3cccn3C2)nc1. The Labute approximate surface area is 134 Å². The summed E-state index contributed by atoms with van der Waals surface area (Å²) in [7, 11) is 0. The maximum Gasteiger partial charge on any atom is 0.316 e. The van der Waals surface area contributed by atoms with Crippen LogP contribution >= 0.6 is 0 Å². The summed E-state index contributed by atoms with van der Waals surface area (Å²) in [6.07, 6.45) is 8.99. The molecule has 1 unspecified atom stereocenters. The molecule has 118 valence electrons. The molecule has 0 fully saturated rings. The van der Waals surface area contributed by atoms with Gasteiger partial charge in [0.05, 0.1) is 19.1 Å². The smallest absolute Gasteiger partial charge is 0.316 e. The lowest BCUT2D eigenvalue weighted by Crippen LogP contribution is -2.34. The number of fused-ring (bicyclic) bond motifs is 1. The fourth-order valence-electron chi connectivity index (χ4n) is 2.96. The van der Waals surface area contributed by atoms with Crippen molar-refractivity contribution >= 4 is 0 Å². The van der Waals surface area contributed by atoms with Gasteiger partial charge in [0.2, 0.25) is 0 Å². The molecular formula is C17H18N4O2. The summed E-state index contributed by atoms with van der Waals surface area (Å²) in [5.41, 5.74) is 2.45. The van der Waals surface area contributed by atoms with Crippen molar-refractivity contribution < 1.29 is 9.15 Å². The van der Waals surface area contributed by atoms with Crippen LogP contribution in [0.3, 0.4) is 0 Å². The zero-order valence-corrected chi connectivity index (χ0v) is 12.7. The van der Waals surface area contributed by atoms with Crippen LogP contribution in [-0.4, -0.2) is 32.1 Å². The summed E-state index contributed by atoms with van der Waals surface area (Å²) in [5.74, 6) is 0. The van der Waals surface area contributed by atoms with Gasteiger partial charge in [-0.05, 0) is 24.3 Å². The number of aromatic nitrogens is 3. The van der Waals surface area contributed by atoms with Crippen LogP contribution in [0.1, 0.15) is 11.3 Å². The highest BCUT2D eigenvalue weighted by Crippen LogP contribution is 2.18. The second kappa shape index (κ2) is 6.26. The van der Waals surface area contributed by atoms with Crippen molar-refractivity contribution in [3.05, 3.63) is 66.6 Å². The number of furan rings is 1. The lowest BCUT2D eigenvalue weighted by molar-refractivity contribution is 0.114. The summed E-state index contributed by atoms with van der Waals surface area (Å²) in [6.45, 7) is 3.32. The van der Waals surface area contributed by atoms with Gasteiger partial charge < -0.3 is 13.7 Å². The molecule has 0 radical (unpaired) electrons. The van der Waals surface area contributed by atoms with Crippen LogP contribution in [0.15, 0.2) is 59.8 Å². The van der Waals surface area contributed by atoms with E-state index in [0.717, 1.165) is 26.2 Å². The number of nitrogens with zero attached hydrogens (tertiary/aromatic N) is 4. The first-order chi connectivity index (χ1) is 11.4. The summed E-state index contributed by atoms with van der Waals surface area (Å²) >= 11 is 0. The Morgan fingerprint density at radius 3 is 2.91 bits per heavy atom. The monoisotopic (exact) mass is 310 g/mol. The molecule has 6 heteroatoms. The van der Waals surface area contributed by atoms with Gasteiger partial charge in [-0.25, -0.2) is 9.97 Å². The molecule has 3 aromatic heterocycles. The van der Waals surface area contributed by atoms with E-state index >= 15 is 0 Å². The average Bonchev–Trinajstić information content (AvgIpc) is 3.18. The highest BCUT2D eigenvalue weighted by atomic mass is 16.5. The van der Waals surface area contributed by atoms with E-state index in [0.29, 0.717) is 6.01 Å². The third-order valence-electron chi connectivity index (χ3n) is 3.97. The van der Waals surface area contributed by atoms with Crippen LogP contribution in [0.2, 0.25) is 0 Å². The second-order valence-corrected chi connectivity index (χ2v) is 5.72. The minimum Gasteiger partial charge on any atom is -0.472 e. The predicted molar refractivity (Wildman–Crippen MR) is 83.7 cm³/mol. The van der Waals surface area contributed by atoms with E-state index in [9.17, 15) is 0 Å². The highest BCUT2D eigenvalue weighted by molar-refractivity contribution is 5.11. The van der Waals surface area contributed by atoms with Gasteiger partial charge in [0, 0.05) is 49.5 Å². The van der Waals surface area contributed by atoms with E-state index in [1.165, 1.54) is 11.3 Å². The predicted octanol–water partition coefficient (Wildman–Crippen LogP) is 2.33. The first-order valence-electron chi connectivity index (χ1n) is 7.68. The van der Waals surface area contributed by atoms with Gasteiger partial charge >= 0.3 is 6.01 Å². The summed E-state index contributed by atoms with van der Waals surface area (Å²) < 4.78 is 13.4. The maximum atomic E-state index is 6.00.